The van der Waals surface area contributed by atoms with Gasteiger partial charge in [-0.15, -0.1) is 0 Å². The normalized spacial score (nSPS) is 17.7. The number of benzene rings is 1. The molecule has 0 heterocycles. The zero-order valence-corrected chi connectivity index (χ0v) is 12.8. The Bertz CT molecular complexity index is 445. The van der Waals surface area contributed by atoms with Crippen molar-refractivity contribution < 1.29 is 0 Å². The average Bonchev–Trinajstić information content (AvgIpc) is 2.42. The second-order valence-corrected chi connectivity index (χ2v) is 6.02. The first-order valence-corrected chi connectivity index (χ1v) is 7.69. The highest BCUT2D eigenvalue weighted by Gasteiger charge is 2.17. The van der Waals surface area contributed by atoms with Gasteiger partial charge in [-0.25, -0.2) is 0 Å². The smallest absolute Gasteiger partial charge is 0.0409 e. The van der Waals surface area contributed by atoms with E-state index in [1.54, 1.807) is 5.57 Å². The van der Waals surface area contributed by atoms with E-state index in [2.05, 4.69) is 24.4 Å². The highest BCUT2D eigenvalue weighted by molar-refractivity contribution is 6.30. The molecule has 1 aromatic carbocycles. The number of rotatable bonds is 4. The van der Waals surface area contributed by atoms with Gasteiger partial charge in [0.1, 0.15) is 0 Å². The molecule has 1 aliphatic carbocycles. The van der Waals surface area contributed by atoms with Crippen molar-refractivity contribution in [3.05, 3.63) is 39.9 Å². The average molecular weight is 278 g/mol. The van der Waals surface area contributed by atoms with E-state index < -0.39 is 0 Å². The standard InChI is InChI=1S/C17H24ClN/c1-13-10-17(18)9-8-15(13)11-16(12-19-2)14-6-4-3-5-7-14/h8-11,14,19H,3-7,12H2,1-2H3/b16-11-. The van der Waals surface area contributed by atoms with Crippen molar-refractivity contribution in [3.63, 3.8) is 0 Å². The van der Waals surface area contributed by atoms with E-state index in [1.165, 1.54) is 43.2 Å². The minimum Gasteiger partial charge on any atom is -0.316 e. The Kier molecular flexibility index (Phi) is 5.47. The van der Waals surface area contributed by atoms with E-state index in [4.69, 9.17) is 11.6 Å². The molecule has 1 saturated carbocycles. The zero-order valence-electron chi connectivity index (χ0n) is 12.0. The van der Waals surface area contributed by atoms with Gasteiger partial charge in [-0.1, -0.05) is 48.6 Å². The van der Waals surface area contributed by atoms with Crippen LogP contribution in [0.5, 0.6) is 0 Å². The van der Waals surface area contributed by atoms with Crippen molar-refractivity contribution in [2.75, 3.05) is 13.6 Å². The van der Waals surface area contributed by atoms with Crippen LogP contribution in [-0.2, 0) is 0 Å². The monoisotopic (exact) mass is 277 g/mol. The third-order valence-electron chi connectivity index (χ3n) is 4.08. The molecule has 1 fully saturated rings. The molecule has 1 nitrogen and oxygen atoms in total. The van der Waals surface area contributed by atoms with Gasteiger partial charge in [-0.2, -0.15) is 0 Å². The second kappa shape index (κ2) is 7.12. The van der Waals surface area contributed by atoms with Crippen molar-refractivity contribution in [2.24, 2.45) is 5.92 Å². The number of likely N-dealkylation sites (N-methyl/N-ethyl adjacent to an activating group) is 1. The molecule has 2 rings (SSSR count). The van der Waals surface area contributed by atoms with E-state index in [0.29, 0.717) is 0 Å². The van der Waals surface area contributed by atoms with Gasteiger partial charge in [0, 0.05) is 11.6 Å². The molecule has 0 radical (unpaired) electrons. The lowest BCUT2D eigenvalue weighted by Gasteiger charge is -2.25. The maximum absolute atomic E-state index is 6.03. The second-order valence-electron chi connectivity index (χ2n) is 5.59. The van der Waals surface area contributed by atoms with Gasteiger partial charge < -0.3 is 5.32 Å². The van der Waals surface area contributed by atoms with Crippen LogP contribution in [0.2, 0.25) is 5.02 Å². The van der Waals surface area contributed by atoms with Crippen molar-refractivity contribution in [1.82, 2.24) is 5.32 Å². The topological polar surface area (TPSA) is 12.0 Å². The summed E-state index contributed by atoms with van der Waals surface area (Å²) in [6.07, 6.45) is 9.23. The summed E-state index contributed by atoms with van der Waals surface area (Å²) >= 11 is 6.03. The molecule has 0 bridgehead atoms. The molecule has 0 saturated heterocycles. The summed E-state index contributed by atoms with van der Waals surface area (Å²) < 4.78 is 0. The minimum atomic E-state index is 0.760. The van der Waals surface area contributed by atoms with Gasteiger partial charge in [-0.05, 0) is 56.0 Å². The van der Waals surface area contributed by atoms with Crippen LogP contribution in [0.4, 0.5) is 0 Å². The lowest BCUT2D eigenvalue weighted by molar-refractivity contribution is 0.398. The molecule has 1 aromatic rings. The first kappa shape index (κ1) is 14.6. The van der Waals surface area contributed by atoms with Crippen LogP contribution in [0.15, 0.2) is 23.8 Å². The lowest BCUT2D eigenvalue weighted by Crippen LogP contribution is -2.19. The third kappa shape index (κ3) is 4.09. The van der Waals surface area contributed by atoms with Crippen LogP contribution in [0.25, 0.3) is 6.08 Å². The molecule has 19 heavy (non-hydrogen) atoms. The number of hydrogen-bond acceptors (Lipinski definition) is 1. The first-order chi connectivity index (χ1) is 9.20. The van der Waals surface area contributed by atoms with E-state index in [1.807, 2.05) is 19.2 Å². The first-order valence-electron chi connectivity index (χ1n) is 7.32. The fourth-order valence-electron chi connectivity index (χ4n) is 2.99. The summed E-state index contributed by atoms with van der Waals surface area (Å²) in [4.78, 5) is 0. The SMILES string of the molecule is CNC/C(=C/c1ccc(Cl)cc1C)C1CCCCC1. The minimum absolute atomic E-state index is 0.760. The molecule has 1 N–H and O–H groups in total. The number of nitrogens with one attached hydrogen (secondary N) is 1. The van der Waals surface area contributed by atoms with Crippen molar-refractivity contribution in [2.45, 2.75) is 39.0 Å². The quantitative estimate of drug-likeness (QED) is 0.831. The Morgan fingerprint density at radius 2 is 2.05 bits per heavy atom. The van der Waals surface area contributed by atoms with Crippen molar-refractivity contribution in [1.29, 1.82) is 0 Å². The van der Waals surface area contributed by atoms with Crippen LogP contribution in [0, 0.1) is 12.8 Å². The summed E-state index contributed by atoms with van der Waals surface area (Å²) in [5, 5.41) is 4.14. The van der Waals surface area contributed by atoms with Crippen LogP contribution in [0.3, 0.4) is 0 Å². The number of hydrogen-bond donors (Lipinski definition) is 1. The summed E-state index contributed by atoms with van der Waals surface area (Å²) in [7, 11) is 2.03. The van der Waals surface area contributed by atoms with Crippen LogP contribution in [-0.4, -0.2) is 13.6 Å². The molecule has 0 atom stereocenters. The molecule has 0 unspecified atom stereocenters. The van der Waals surface area contributed by atoms with Crippen LogP contribution in [0.1, 0.15) is 43.2 Å². The fraction of sp³-hybridized carbons (Fsp3) is 0.529. The van der Waals surface area contributed by atoms with E-state index in [-0.39, 0.29) is 0 Å². The van der Waals surface area contributed by atoms with Gasteiger partial charge in [-0.3, -0.25) is 0 Å². The van der Waals surface area contributed by atoms with Crippen LogP contribution >= 0.6 is 11.6 Å². The zero-order chi connectivity index (χ0) is 13.7. The Balaban J connectivity index is 2.23. The Morgan fingerprint density at radius 3 is 2.68 bits per heavy atom. The summed E-state index contributed by atoms with van der Waals surface area (Å²) in [5.41, 5.74) is 4.12. The van der Waals surface area contributed by atoms with Gasteiger partial charge in [0.15, 0.2) is 0 Å². The van der Waals surface area contributed by atoms with E-state index in [0.717, 1.165) is 17.5 Å². The highest BCUT2D eigenvalue weighted by Crippen LogP contribution is 2.31. The molecule has 104 valence electrons. The molecule has 1 aliphatic rings. The largest absolute Gasteiger partial charge is 0.316 e. The fourth-order valence-corrected chi connectivity index (χ4v) is 3.22. The van der Waals surface area contributed by atoms with Crippen molar-refractivity contribution in [3.8, 4) is 0 Å². The summed E-state index contributed by atoms with van der Waals surface area (Å²) in [6.45, 7) is 3.13. The molecular weight excluding hydrogens is 254 g/mol. The molecule has 0 spiro atoms. The Morgan fingerprint density at radius 1 is 1.32 bits per heavy atom. The Hall–Kier alpha value is -0.790. The van der Waals surface area contributed by atoms with Gasteiger partial charge in [0.05, 0.1) is 0 Å². The Labute approximate surface area is 122 Å². The highest BCUT2D eigenvalue weighted by atomic mass is 35.5. The number of aryl methyl sites for hydroxylation is 1. The molecule has 0 aliphatic heterocycles. The van der Waals surface area contributed by atoms with Gasteiger partial charge in [0.2, 0.25) is 0 Å². The van der Waals surface area contributed by atoms with E-state index in [9.17, 15) is 0 Å². The third-order valence-corrected chi connectivity index (χ3v) is 4.32. The maximum Gasteiger partial charge on any atom is 0.0409 e. The van der Waals surface area contributed by atoms with Crippen LogP contribution < -0.4 is 5.32 Å². The predicted octanol–water partition coefficient (Wildman–Crippen LogP) is 4.83. The molecule has 0 aromatic heterocycles. The van der Waals surface area contributed by atoms with Crippen molar-refractivity contribution >= 4 is 17.7 Å². The lowest BCUT2D eigenvalue weighted by atomic mass is 9.82. The molecule has 0 amide bonds. The molecular formula is C17H24ClN. The summed E-state index contributed by atoms with van der Waals surface area (Å²) in [5.74, 6) is 0.760. The van der Waals surface area contributed by atoms with Gasteiger partial charge in [0.25, 0.3) is 0 Å². The summed E-state index contributed by atoms with van der Waals surface area (Å²) in [6, 6.07) is 6.17. The van der Waals surface area contributed by atoms with Gasteiger partial charge >= 0.3 is 0 Å². The maximum atomic E-state index is 6.03. The van der Waals surface area contributed by atoms with E-state index >= 15 is 0 Å². The number of halogens is 1. The molecule has 2 heteroatoms. The predicted molar refractivity (Wildman–Crippen MR) is 84.7 cm³/mol.